The summed E-state index contributed by atoms with van der Waals surface area (Å²) in [5.74, 6) is 1.11. The van der Waals surface area contributed by atoms with E-state index in [0.29, 0.717) is 35.1 Å². The minimum Gasteiger partial charge on any atom is -0.463 e. The van der Waals surface area contributed by atoms with Crippen molar-refractivity contribution in [2.45, 2.75) is 38.5 Å². The van der Waals surface area contributed by atoms with Gasteiger partial charge in [-0.25, -0.2) is 8.91 Å². The van der Waals surface area contributed by atoms with Gasteiger partial charge in [0.15, 0.2) is 5.78 Å². The lowest BCUT2D eigenvalue weighted by Crippen LogP contribution is -2.32. The van der Waals surface area contributed by atoms with Crippen LogP contribution in [0.4, 0.5) is 10.1 Å². The zero-order valence-corrected chi connectivity index (χ0v) is 21.0. The molecule has 7 heteroatoms. The number of ketones is 1. The van der Waals surface area contributed by atoms with Crippen molar-refractivity contribution < 1.29 is 13.9 Å². The summed E-state index contributed by atoms with van der Waals surface area (Å²) in [7, 11) is 0. The van der Waals surface area contributed by atoms with Crippen molar-refractivity contribution in [3.63, 3.8) is 0 Å². The van der Waals surface area contributed by atoms with Crippen molar-refractivity contribution in [1.29, 1.82) is 0 Å². The Morgan fingerprint density at radius 1 is 1.08 bits per heavy atom. The number of carbonyl (C=O) groups excluding carboxylic acids is 1. The Bertz CT molecular complexity index is 1340. The molecule has 0 unspecified atom stereocenters. The first kappa shape index (κ1) is 24.3. The normalized spacial score (nSPS) is 14.4. The smallest absolute Gasteiger partial charge is 0.228 e. The molecule has 1 fully saturated rings. The summed E-state index contributed by atoms with van der Waals surface area (Å²) < 4.78 is 19.0. The number of halogens is 2. The average molecular weight is 506 g/mol. The van der Waals surface area contributed by atoms with Gasteiger partial charge in [0, 0.05) is 36.4 Å². The zero-order valence-electron chi connectivity index (χ0n) is 20.3. The van der Waals surface area contributed by atoms with E-state index in [-0.39, 0.29) is 5.78 Å². The maximum atomic E-state index is 13.3. The van der Waals surface area contributed by atoms with E-state index in [4.69, 9.17) is 16.3 Å². The molecule has 2 aromatic carbocycles. The van der Waals surface area contributed by atoms with Gasteiger partial charge in [-0.3, -0.25) is 4.79 Å². The van der Waals surface area contributed by atoms with Crippen molar-refractivity contribution in [3.05, 3.63) is 94.3 Å². The van der Waals surface area contributed by atoms with Crippen LogP contribution in [-0.2, 0) is 12.8 Å². The summed E-state index contributed by atoms with van der Waals surface area (Å²) in [4.78, 5) is 15.7. The number of pyridine rings is 1. The fraction of sp³-hybridized carbons (Fsp3) is 0.310. The molecule has 1 aliphatic heterocycles. The van der Waals surface area contributed by atoms with Crippen molar-refractivity contribution >= 4 is 28.6 Å². The topological polar surface area (TPSA) is 46.8 Å². The van der Waals surface area contributed by atoms with E-state index in [9.17, 15) is 9.18 Å². The van der Waals surface area contributed by atoms with Crippen molar-refractivity contribution in [1.82, 2.24) is 9.61 Å². The van der Waals surface area contributed by atoms with Gasteiger partial charge in [-0.15, -0.1) is 0 Å². The minimum atomic E-state index is -0.806. The number of fused-ring (bicyclic) bond motifs is 1. The number of carbonyl (C=O) groups is 1. The van der Waals surface area contributed by atoms with E-state index in [2.05, 4.69) is 22.1 Å². The van der Waals surface area contributed by atoms with Crippen LogP contribution >= 0.6 is 11.6 Å². The summed E-state index contributed by atoms with van der Waals surface area (Å²) in [5.41, 5.74) is 5.65. The molecule has 186 valence electrons. The molecule has 5 rings (SSSR count). The van der Waals surface area contributed by atoms with Crippen LogP contribution in [0.25, 0.3) is 5.52 Å². The molecule has 0 atom stereocenters. The van der Waals surface area contributed by atoms with E-state index >= 15 is 0 Å². The Morgan fingerprint density at radius 2 is 1.81 bits per heavy atom. The lowest BCUT2D eigenvalue weighted by molar-refractivity contribution is 0.0993. The SMILES string of the molecule is CCc1nn2ccc(Cl)cc2c1C(=O)Cc1ccc(N2CCC(c3ccc(OCF)cc3)CC2)cc1. The Morgan fingerprint density at radius 3 is 2.47 bits per heavy atom. The van der Waals surface area contributed by atoms with Gasteiger partial charge in [0.05, 0.1) is 16.8 Å². The van der Waals surface area contributed by atoms with Gasteiger partial charge in [0.1, 0.15) is 5.75 Å². The summed E-state index contributed by atoms with van der Waals surface area (Å²) in [6.45, 7) is 3.14. The number of hydrogen-bond donors (Lipinski definition) is 0. The highest BCUT2D eigenvalue weighted by Crippen LogP contribution is 2.32. The van der Waals surface area contributed by atoms with E-state index in [1.54, 1.807) is 22.8 Å². The number of piperidine rings is 1. The van der Waals surface area contributed by atoms with Gasteiger partial charge in [-0.1, -0.05) is 42.8 Å². The number of ether oxygens (including phenoxy) is 1. The van der Waals surface area contributed by atoms with Crippen LogP contribution in [0.3, 0.4) is 0 Å². The van der Waals surface area contributed by atoms with Crippen LogP contribution in [0.15, 0.2) is 66.9 Å². The first-order chi connectivity index (χ1) is 17.6. The first-order valence-corrected chi connectivity index (χ1v) is 12.8. The maximum Gasteiger partial charge on any atom is 0.228 e. The Hall–Kier alpha value is -3.38. The molecule has 1 aliphatic rings. The number of hydrogen-bond acceptors (Lipinski definition) is 4. The monoisotopic (exact) mass is 505 g/mol. The van der Waals surface area contributed by atoms with Crippen LogP contribution in [0.2, 0.25) is 5.02 Å². The Balaban J connectivity index is 1.22. The van der Waals surface area contributed by atoms with Crippen molar-refractivity contribution in [2.24, 2.45) is 0 Å². The molecule has 4 aromatic rings. The van der Waals surface area contributed by atoms with Gasteiger partial charge in [-0.05, 0) is 72.7 Å². The fourth-order valence-electron chi connectivity index (χ4n) is 5.09. The number of aromatic nitrogens is 2. The minimum absolute atomic E-state index is 0.0561. The second-order valence-electron chi connectivity index (χ2n) is 9.20. The Kier molecular flexibility index (Phi) is 7.23. The van der Waals surface area contributed by atoms with Crippen molar-refractivity contribution in [3.8, 4) is 5.75 Å². The summed E-state index contributed by atoms with van der Waals surface area (Å²) in [5, 5.41) is 5.15. The standard InChI is InChI=1S/C29H29ClFN3O2/c1-2-26-29(27-18-23(30)13-16-34(27)32-26)28(35)17-20-3-7-24(8-4-20)33-14-11-22(12-15-33)21-5-9-25(10-6-21)36-19-31/h3-10,13,16,18,22H,2,11-12,14-15,17,19H2,1H3. The Labute approximate surface area is 215 Å². The van der Waals surface area contributed by atoms with Crippen LogP contribution in [0, 0.1) is 0 Å². The molecular formula is C29H29ClFN3O2. The lowest BCUT2D eigenvalue weighted by atomic mass is 9.89. The molecule has 0 bridgehead atoms. The van der Waals surface area contributed by atoms with Crippen LogP contribution in [0.5, 0.6) is 5.75 Å². The number of rotatable bonds is 8. The molecule has 0 aliphatic carbocycles. The maximum absolute atomic E-state index is 13.3. The van der Waals surface area contributed by atoms with E-state index < -0.39 is 6.86 Å². The average Bonchev–Trinajstić information content (AvgIpc) is 3.28. The van der Waals surface area contributed by atoms with Gasteiger partial charge >= 0.3 is 0 Å². The second-order valence-corrected chi connectivity index (χ2v) is 9.64. The quantitative estimate of drug-likeness (QED) is 0.251. The summed E-state index contributed by atoms with van der Waals surface area (Å²) in [6.07, 6.45) is 4.92. The molecule has 5 nitrogen and oxygen atoms in total. The zero-order chi connectivity index (χ0) is 25.1. The van der Waals surface area contributed by atoms with Gasteiger partial charge in [0.2, 0.25) is 6.86 Å². The molecule has 0 N–H and O–H groups in total. The first-order valence-electron chi connectivity index (χ1n) is 12.4. The second kappa shape index (κ2) is 10.7. The molecule has 36 heavy (non-hydrogen) atoms. The van der Waals surface area contributed by atoms with Crippen LogP contribution in [-0.4, -0.2) is 35.3 Å². The molecular weight excluding hydrogens is 477 g/mol. The van der Waals surface area contributed by atoms with Crippen LogP contribution in [0.1, 0.15) is 52.9 Å². The van der Waals surface area contributed by atoms with Crippen molar-refractivity contribution in [2.75, 3.05) is 24.9 Å². The number of nitrogens with zero attached hydrogens (tertiary/aromatic N) is 3. The highest BCUT2D eigenvalue weighted by molar-refractivity contribution is 6.31. The third kappa shape index (κ3) is 5.09. The largest absolute Gasteiger partial charge is 0.463 e. The van der Waals surface area contributed by atoms with E-state index in [1.807, 2.05) is 43.3 Å². The summed E-state index contributed by atoms with van der Waals surface area (Å²) >= 11 is 6.19. The summed E-state index contributed by atoms with van der Waals surface area (Å²) in [6, 6.07) is 19.7. The molecule has 3 heterocycles. The number of anilines is 1. The van der Waals surface area contributed by atoms with E-state index in [1.165, 1.54) is 11.3 Å². The molecule has 0 radical (unpaired) electrons. The van der Waals surface area contributed by atoms with Crippen LogP contribution < -0.4 is 9.64 Å². The predicted octanol–water partition coefficient (Wildman–Crippen LogP) is 6.67. The molecule has 0 amide bonds. The third-order valence-corrected chi connectivity index (χ3v) is 7.25. The molecule has 0 spiro atoms. The highest BCUT2D eigenvalue weighted by atomic mass is 35.5. The van der Waals surface area contributed by atoms with Gasteiger partial charge in [0.25, 0.3) is 0 Å². The van der Waals surface area contributed by atoms with Gasteiger partial charge in [-0.2, -0.15) is 5.10 Å². The molecule has 0 saturated carbocycles. The molecule has 2 aromatic heterocycles. The highest BCUT2D eigenvalue weighted by Gasteiger charge is 2.22. The number of Topliss-reactive ketones (excluding diaryl/α,β-unsaturated/α-hetero) is 1. The number of alkyl halides is 1. The fourth-order valence-corrected chi connectivity index (χ4v) is 5.25. The molecule has 1 saturated heterocycles. The lowest BCUT2D eigenvalue weighted by Gasteiger charge is -2.34. The number of benzene rings is 2. The predicted molar refractivity (Wildman–Crippen MR) is 141 cm³/mol. The van der Waals surface area contributed by atoms with Gasteiger partial charge < -0.3 is 9.64 Å². The third-order valence-electron chi connectivity index (χ3n) is 7.02. The number of aryl methyl sites for hydroxylation is 1. The van der Waals surface area contributed by atoms with E-state index in [0.717, 1.165) is 42.7 Å².